The lowest BCUT2D eigenvalue weighted by molar-refractivity contribution is -0.129. The average molecular weight is 319 g/mol. The first kappa shape index (κ1) is 17.4. The fourth-order valence-electron chi connectivity index (χ4n) is 2.60. The van der Waals surface area contributed by atoms with Gasteiger partial charge in [0.05, 0.1) is 13.2 Å². The zero-order valence-corrected chi connectivity index (χ0v) is 13.8. The van der Waals surface area contributed by atoms with Gasteiger partial charge in [-0.05, 0) is 24.6 Å². The van der Waals surface area contributed by atoms with Crippen LogP contribution >= 0.6 is 0 Å². The number of hydrogen-bond acceptors (Lipinski definition) is 4. The number of carbonyl (C=O) groups excluding carboxylic acids is 2. The maximum atomic E-state index is 12.1. The first-order valence-corrected chi connectivity index (χ1v) is 8.04. The Kier molecular flexibility index (Phi) is 6.55. The molecular weight excluding hydrogens is 294 g/mol. The molecule has 0 aliphatic carbocycles. The molecule has 1 unspecified atom stereocenters. The lowest BCUT2D eigenvalue weighted by Crippen LogP contribution is -2.43. The number of benzene rings is 1. The molecule has 1 atom stereocenters. The van der Waals surface area contributed by atoms with E-state index in [0.29, 0.717) is 32.7 Å². The van der Waals surface area contributed by atoms with Crippen molar-refractivity contribution in [2.24, 2.45) is 0 Å². The van der Waals surface area contributed by atoms with Crippen molar-refractivity contribution in [3.63, 3.8) is 0 Å². The largest absolute Gasteiger partial charge is 0.378 e. The summed E-state index contributed by atoms with van der Waals surface area (Å²) in [6.45, 7) is 6.78. The van der Waals surface area contributed by atoms with Crippen molar-refractivity contribution in [2.45, 2.75) is 32.9 Å². The van der Waals surface area contributed by atoms with Crippen LogP contribution in [0, 0.1) is 0 Å². The van der Waals surface area contributed by atoms with E-state index in [4.69, 9.17) is 4.74 Å². The maximum absolute atomic E-state index is 12.1. The third-order valence-corrected chi connectivity index (χ3v) is 3.84. The topological polar surface area (TPSA) is 70.7 Å². The third-order valence-electron chi connectivity index (χ3n) is 3.84. The summed E-state index contributed by atoms with van der Waals surface area (Å²) in [5.74, 6) is 0.00868. The minimum Gasteiger partial charge on any atom is -0.378 e. The van der Waals surface area contributed by atoms with Crippen LogP contribution in [0.5, 0.6) is 0 Å². The molecule has 1 aromatic rings. The second-order valence-electron chi connectivity index (χ2n) is 5.71. The first-order chi connectivity index (χ1) is 11.1. The van der Waals surface area contributed by atoms with Crippen LogP contribution in [-0.2, 0) is 20.9 Å². The maximum Gasteiger partial charge on any atom is 0.226 e. The molecule has 6 nitrogen and oxygen atoms in total. The highest BCUT2D eigenvalue weighted by Gasteiger charge is 2.17. The van der Waals surface area contributed by atoms with E-state index >= 15 is 0 Å². The zero-order valence-electron chi connectivity index (χ0n) is 13.8. The van der Waals surface area contributed by atoms with E-state index < -0.39 is 0 Å². The van der Waals surface area contributed by atoms with E-state index in [2.05, 4.69) is 10.6 Å². The highest BCUT2D eigenvalue weighted by atomic mass is 16.5. The Morgan fingerprint density at radius 3 is 2.91 bits per heavy atom. The van der Waals surface area contributed by atoms with Gasteiger partial charge in [-0.15, -0.1) is 0 Å². The Balaban J connectivity index is 1.91. The minimum atomic E-state index is -0.0379. The van der Waals surface area contributed by atoms with Crippen molar-refractivity contribution >= 4 is 17.5 Å². The standard InChI is InChI=1S/C17H25N3O3/c1-3-20(13(2)21)11-14-5-4-6-15(9-14)19-17(22)10-16-12-23-8-7-18-16/h4-6,9,16,18H,3,7-8,10-12H2,1-2H3,(H,19,22). The summed E-state index contributed by atoms with van der Waals surface area (Å²) in [5, 5.41) is 6.18. The molecule has 1 aliphatic rings. The molecule has 0 bridgehead atoms. The summed E-state index contributed by atoms with van der Waals surface area (Å²) in [7, 11) is 0. The molecule has 126 valence electrons. The van der Waals surface area contributed by atoms with Gasteiger partial charge < -0.3 is 20.3 Å². The molecule has 1 aliphatic heterocycles. The number of nitrogens with one attached hydrogen (secondary N) is 2. The molecule has 0 spiro atoms. The second-order valence-corrected chi connectivity index (χ2v) is 5.71. The summed E-state index contributed by atoms with van der Waals surface area (Å²) in [4.78, 5) is 25.4. The van der Waals surface area contributed by atoms with Crippen molar-refractivity contribution in [1.82, 2.24) is 10.2 Å². The molecule has 2 N–H and O–H groups in total. The fraction of sp³-hybridized carbons (Fsp3) is 0.529. The van der Waals surface area contributed by atoms with Gasteiger partial charge in [0.15, 0.2) is 0 Å². The molecule has 2 rings (SSSR count). The smallest absolute Gasteiger partial charge is 0.226 e. The first-order valence-electron chi connectivity index (χ1n) is 8.04. The summed E-state index contributed by atoms with van der Waals surface area (Å²) in [6, 6.07) is 7.68. The summed E-state index contributed by atoms with van der Waals surface area (Å²) < 4.78 is 5.35. The molecule has 0 saturated carbocycles. The van der Waals surface area contributed by atoms with Crippen molar-refractivity contribution in [3.05, 3.63) is 29.8 Å². The number of nitrogens with zero attached hydrogens (tertiary/aromatic N) is 1. The number of carbonyl (C=O) groups is 2. The van der Waals surface area contributed by atoms with Gasteiger partial charge in [-0.2, -0.15) is 0 Å². The molecule has 1 heterocycles. The Bertz CT molecular complexity index is 542. The van der Waals surface area contributed by atoms with E-state index in [-0.39, 0.29) is 17.9 Å². The van der Waals surface area contributed by atoms with Gasteiger partial charge in [0, 0.05) is 44.7 Å². The molecule has 2 amide bonds. The Labute approximate surface area is 137 Å². The zero-order chi connectivity index (χ0) is 16.7. The minimum absolute atomic E-state index is 0.0379. The Hall–Kier alpha value is -1.92. The van der Waals surface area contributed by atoms with Crippen LogP contribution in [0.15, 0.2) is 24.3 Å². The fourth-order valence-corrected chi connectivity index (χ4v) is 2.60. The molecule has 23 heavy (non-hydrogen) atoms. The molecule has 0 aromatic heterocycles. The molecule has 1 saturated heterocycles. The lowest BCUT2D eigenvalue weighted by Gasteiger charge is -2.23. The molecular formula is C17H25N3O3. The molecule has 1 aromatic carbocycles. The van der Waals surface area contributed by atoms with Crippen molar-refractivity contribution in [2.75, 3.05) is 31.6 Å². The third kappa shape index (κ3) is 5.65. The van der Waals surface area contributed by atoms with Crippen LogP contribution in [0.4, 0.5) is 5.69 Å². The molecule has 0 radical (unpaired) electrons. The normalized spacial score (nSPS) is 17.6. The second kappa shape index (κ2) is 8.64. The monoisotopic (exact) mass is 319 g/mol. The van der Waals surface area contributed by atoms with Crippen molar-refractivity contribution in [3.8, 4) is 0 Å². The summed E-state index contributed by atoms with van der Waals surface area (Å²) >= 11 is 0. The van der Waals surface area contributed by atoms with Gasteiger partial charge >= 0.3 is 0 Å². The van der Waals surface area contributed by atoms with Crippen molar-refractivity contribution in [1.29, 1.82) is 0 Å². The quantitative estimate of drug-likeness (QED) is 0.831. The average Bonchev–Trinajstić information content (AvgIpc) is 2.53. The van der Waals surface area contributed by atoms with E-state index in [1.807, 2.05) is 31.2 Å². The summed E-state index contributed by atoms with van der Waals surface area (Å²) in [5.41, 5.74) is 1.75. The highest BCUT2D eigenvalue weighted by molar-refractivity contribution is 5.91. The van der Waals surface area contributed by atoms with Gasteiger partial charge in [0.25, 0.3) is 0 Å². The SMILES string of the molecule is CCN(Cc1cccc(NC(=O)CC2COCCN2)c1)C(C)=O. The van der Waals surface area contributed by atoms with Crippen LogP contribution in [-0.4, -0.2) is 49.1 Å². The van der Waals surface area contributed by atoms with Gasteiger partial charge in [-0.3, -0.25) is 9.59 Å². The highest BCUT2D eigenvalue weighted by Crippen LogP contribution is 2.14. The van der Waals surface area contributed by atoms with Gasteiger partial charge in [-0.1, -0.05) is 12.1 Å². The van der Waals surface area contributed by atoms with Crippen LogP contribution in [0.3, 0.4) is 0 Å². The Morgan fingerprint density at radius 2 is 2.26 bits per heavy atom. The van der Waals surface area contributed by atoms with E-state index in [9.17, 15) is 9.59 Å². The van der Waals surface area contributed by atoms with Crippen molar-refractivity contribution < 1.29 is 14.3 Å². The number of rotatable bonds is 6. The predicted molar refractivity (Wildman–Crippen MR) is 89.1 cm³/mol. The van der Waals surface area contributed by atoms with E-state index in [1.54, 1.807) is 11.8 Å². The van der Waals surface area contributed by atoms with Crippen LogP contribution in [0.2, 0.25) is 0 Å². The number of morpholine rings is 1. The number of ether oxygens (including phenoxy) is 1. The van der Waals surface area contributed by atoms with Gasteiger partial charge in [0.2, 0.25) is 11.8 Å². The van der Waals surface area contributed by atoms with Gasteiger partial charge in [0.1, 0.15) is 0 Å². The number of amides is 2. The van der Waals surface area contributed by atoms with Gasteiger partial charge in [-0.25, -0.2) is 0 Å². The number of anilines is 1. The van der Waals surface area contributed by atoms with Crippen LogP contribution < -0.4 is 10.6 Å². The Morgan fingerprint density at radius 1 is 1.43 bits per heavy atom. The van der Waals surface area contributed by atoms with Crippen LogP contribution in [0.1, 0.15) is 25.8 Å². The lowest BCUT2D eigenvalue weighted by atomic mass is 10.1. The van der Waals surface area contributed by atoms with Crippen LogP contribution in [0.25, 0.3) is 0 Å². The van der Waals surface area contributed by atoms with E-state index in [0.717, 1.165) is 17.8 Å². The molecule has 6 heteroatoms. The molecule has 1 fully saturated rings. The predicted octanol–water partition coefficient (Wildman–Crippen LogP) is 1.37. The summed E-state index contributed by atoms with van der Waals surface area (Å²) in [6.07, 6.45) is 0.388. The number of hydrogen-bond donors (Lipinski definition) is 2. The van der Waals surface area contributed by atoms with E-state index in [1.165, 1.54) is 0 Å².